The number of hydrogen-bond donors (Lipinski definition) is 0. The number of benzene rings is 5. The molecule has 0 unspecified atom stereocenters. The Morgan fingerprint density at radius 1 is 0.412 bits per heavy atom. The van der Waals surface area contributed by atoms with Gasteiger partial charge in [0.2, 0.25) is 0 Å². The highest BCUT2D eigenvalue weighted by Gasteiger charge is 2.14. The molecule has 0 spiro atoms. The van der Waals surface area contributed by atoms with Crippen LogP contribution >= 0.6 is 0 Å². The van der Waals surface area contributed by atoms with E-state index < -0.39 is 0 Å². The molecule has 10 nitrogen and oxygen atoms in total. The monoisotopic (exact) mass is 681 g/mol. The Hall–Kier alpha value is -6.55. The normalized spacial score (nSPS) is 10.6. The van der Waals surface area contributed by atoms with Gasteiger partial charge in [-0.3, -0.25) is 9.59 Å². The highest BCUT2D eigenvalue weighted by molar-refractivity contribution is 5.74. The minimum Gasteiger partial charge on any atom is -0.427 e. The van der Waals surface area contributed by atoms with E-state index in [-0.39, 0.29) is 30.0 Å². The van der Waals surface area contributed by atoms with Crippen molar-refractivity contribution in [1.29, 1.82) is 0 Å². The van der Waals surface area contributed by atoms with Crippen LogP contribution in [0.4, 0.5) is 0 Å². The van der Waals surface area contributed by atoms with E-state index in [0.29, 0.717) is 41.6 Å². The van der Waals surface area contributed by atoms with E-state index in [4.69, 9.17) is 23.7 Å². The van der Waals surface area contributed by atoms with E-state index >= 15 is 0 Å². The van der Waals surface area contributed by atoms with Crippen LogP contribution < -0.4 is 23.7 Å². The van der Waals surface area contributed by atoms with Crippen molar-refractivity contribution in [1.82, 2.24) is 15.0 Å². The molecule has 0 amide bonds. The predicted molar refractivity (Wildman–Crippen MR) is 191 cm³/mol. The molecular weight excluding hydrogens is 646 g/mol. The van der Waals surface area contributed by atoms with Crippen LogP contribution in [0.25, 0.3) is 22.3 Å². The lowest BCUT2D eigenvalue weighted by atomic mass is 10.1. The number of hydrogen-bond acceptors (Lipinski definition) is 10. The molecular formula is C41H35N3O7. The summed E-state index contributed by atoms with van der Waals surface area (Å²) in [5, 5.41) is 0. The van der Waals surface area contributed by atoms with Crippen LogP contribution in [-0.4, -0.2) is 26.9 Å². The summed E-state index contributed by atoms with van der Waals surface area (Å²) < 4.78 is 28.7. The van der Waals surface area contributed by atoms with Crippen LogP contribution in [0.5, 0.6) is 46.8 Å². The maximum absolute atomic E-state index is 11.8. The van der Waals surface area contributed by atoms with Gasteiger partial charge in [-0.05, 0) is 95.8 Å². The van der Waals surface area contributed by atoms with Crippen molar-refractivity contribution in [3.63, 3.8) is 0 Å². The first-order valence-corrected chi connectivity index (χ1v) is 16.6. The second-order valence-electron chi connectivity index (χ2n) is 11.3. The third-order valence-corrected chi connectivity index (χ3v) is 7.40. The van der Waals surface area contributed by atoms with Crippen LogP contribution in [0.2, 0.25) is 0 Å². The smallest absolute Gasteiger partial charge is 0.331 e. The van der Waals surface area contributed by atoms with Gasteiger partial charge in [0.1, 0.15) is 28.7 Å². The van der Waals surface area contributed by atoms with E-state index in [1.54, 1.807) is 60.7 Å². The molecule has 0 saturated carbocycles. The van der Waals surface area contributed by atoms with Gasteiger partial charge in [-0.2, -0.15) is 0 Å². The SMILES string of the molecule is CCCC(=O)Oc1ccc(-c2ccc(Oc3nc(Oc4ccccc4)nc(Oc4ccc(-c5ccc(OC(=O)CCC)cc5)cc4)n3)cc2)cc1. The second kappa shape index (κ2) is 16.7. The summed E-state index contributed by atoms with van der Waals surface area (Å²) in [7, 11) is 0. The highest BCUT2D eigenvalue weighted by Crippen LogP contribution is 2.31. The molecule has 0 N–H and O–H groups in total. The molecule has 0 aliphatic heterocycles. The van der Waals surface area contributed by atoms with Crippen LogP contribution in [0.1, 0.15) is 39.5 Å². The fourth-order valence-corrected chi connectivity index (χ4v) is 4.90. The van der Waals surface area contributed by atoms with Gasteiger partial charge in [0.25, 0.3) is 0 Å². The van der Waals surface area contributed by atoms with Crippen LogP contribution in [0.3, 0.4) is 0 Å². The van der Waals surface area contributed by atoms with Gasteiger partial charge in [0.05, 0.1) is 0 Å². The quantitative estimate of drug-likeness (QED) is 0.0811. The molecule has 256 valence electrons. The first-order valence-electron chi connectivity index (χ1n) is 16.6. The first-order chi connectivity index (χ1) is 24.9. The van der Waals surface area contributed by atoms with Crippen molar-refractivity contribution in [2.24, 2.45) is 0 Å². The summed E-state index contributed by atoms with van der Waals surface area (Å²) in [5.41, 5.74) is 3.78. The van der Waals surface area contributed by atoms with Gasteiger partial charge < -0.3 is 23.7 Å². The second-order valence-corrected chi connectivity index (χ2v) is 11.3. The predicted octanol–water partition coefficient (Wildman–Crippen LogP) is 9.99. The molecule has 0 fully saturated rings. The van der Waals surface area contributed by atoms with E-state index in [0.717, 1.165) is 35.1 Å². The first kappa shape index (κ1) is 34.3. The lowest BCUT2D eigenvalue weighted by Crippen LogP contribution is -2.06. The summed E-state index contributed by atoms with van der Waals surface area (Å²) in [4.78, 5) is 36.7. The zero-order chi connectivity index (χ0) is 35.4. The Morgan fingerprint density at radius 2 is 0.706 bits per heavy atom. The number of rotatable bonds is 14. The minimum atomic E-state index is -0.249. The van der Waals surface area contributed by atoms with Crippen molar-refractivity contribution >= 4 is 11.9 Å². The third-order valence-electron chi connectivity index (χ3n) is 7.40. The number of ether oxygens (including phenoxy) is 5. The summed E-state index contributed by atoms with van der Waals surface area (Å²) >= 11 is 0. The molecule has 0 aliphatic carbocycles. The molecule has 0 atom stereocenters. The maximum atomic E-state index is 11.8. The molecule has 0 bridgehead atoms. The summed E-state index contributed by atoms with van der Waals surface area (Å²) in [6, 6.07) is 38.5. The van der Waals surface area contributed by atoms with Crippen molar-refractivity contribution in [2.75, 3.05) is 0 Å². The van der Waals surface area contributed by atoms with E-state index in [1.807, 2.05) is 80.6 Å². The Labute approximate surface area is 295 Å². The fraction of sp³-hybridized carbons (Fsp3) is 0.146. The molecule has 10 heteroatoms. The van der Waals surface area contributed by atoms with Gasteiger partial charge in [0.15, 0.2) is 0 Å². The molecule has 5 aromatic carbocycles. The molecule has 6 aromatic rings. The number of nitrogens with zero attached hydrogens (tertiary/aromatic N) is 3. The molecule has 51 heavy (non-hydrogen) atoms. The lowest BCUT2D eigenvalue weighted by Gasteiger charge is -2.11. The molecule has 0 aliphatic rings. The van der Waals surface area contributed by atoms with E-state index in [1.165, 1.54) is 0 Å². The number of aromatic nitrogens is 3. The van der Waals surface area contributed by atoms with Crippen molar-refractivity contribution in [2.45, 2.75) is 39.5 Å². The van der Waals surface area contributed by atoms with E-state index in [2.05, 4.69) is 15.0 Å². The third kappa shape index (κ3) is 9.76. The summed E-state index contributed by atoms with van der Waals surface area (Å²) in [6.07, 6.45) is 2.22. The average Bonchev–Trinajstić information content (AvgIpc) is 3.14. The van der Waals surface area contributed by atoms with Crippen LogP contribution in [0, 0.1) is 0 Å². The lowest BCUT2D eigenvalue weighted by molar-refractivity contribution is -0.135. The number of carbonyl (C=O) groups excluding carboxylic acids is 2. The van der Waals surface area contributed by atoms with E-state index in [9.17, 15) is 9.59 Å². The molecule has 0 radical (unpaired) electrons. The molecule has 1 aromatic heterocycles. The van der Waals surface area contributed by atoms with Crippen LogP contribution in [-0.2, 0) is 9.59 Å². The molecule has 6 rings (SSSR count). The Morgan fingerprint density at radius 3 is 1.02 bits per heavy atom. The fourth-order valence-electron chi connectivity index (χ4n) is 4.90. The zero-order valence-corrected chi connectivity index (χ0v) is 28.2. The summed E-state index contributed by atoms with van der Waals surface area (Å²) in [5.74, 6) is 2.03. The van der Waals surface area contributed by atoms with Gasteiger partial charge >= 0.3 is 30.0 Å². The minimum absolute atomic E-state index is 0.00565. The Balaban J connectivity index is 1.16. The Kier molecular flexibility index (Phi) is 11.2. The van der Waals surface area contributed by atoms with Gasteiger partial charge in [-0.1, -0.05) is 80.6 Å². The Bertz CT molecular complexity index is 1920. The number of esters is 2. The summed E-state index contributed by atoms with van der Waals surface area (Å²) in [6.45, 7) is 3.87. The average molecular weight is 682 g/mol. The molecule has 1 heterocycles. The standard InChI is InChI=1S/C41H35N3O7/c1-3-8-37(45)47-33-20-12-28(13-21-33)30-16-24-35(25-17-30)50-40-42-39(49-32-10-6-5-7-11-32)43-41(44-40)51-36-26-18-31(19-27-36)29-14-22-34(23-15-29)48-38(46)9-4-2/h5-7,10-27H,3-4,8-9H2,1-2H3. The number of para-hydroxylation sites is 1. The van der Waals surface area contributed by atoms with Crippen molar-refractivity contribution in [3.8, 4) is 69.0 Å². The van der Waals surface area contributed by atoms with Gasteiger partial charge in [-0.25, -0.2) is 0 Å². The van der Waals surface area contributed by atoms with Crippen molar-refractivity contribution in [3.05, 3.63) is 127 Å². The van der Waals surface area contributed by atoms with Crippen molar-refractivity contribution < 1.29 is 33.3 Å². The number of carbonyl (C=O) groups is 2. The molecule has 0 saturated heterocycles. The zero-order valence-electron chi connectivity index (χ0n) is 28.2. The van der Waals surface area contributed by atoms with Gasteiger partial charge in [-0.15, -0.1) is 15.0 Å². The highest BCUT2D eigenvalue weighted by atomic mass is 16.5. The van der Waals surface area contributed by atoms with Gasteiger partial charge in [0, 0.05) is 12.8 Å². The maximum Gasteiger partial charge on any atom is 0.331 e. The topological polar surface area (TPSA) is 119 Å². The largest absolute Gasteiger partial charge is 0.427 e. The van der Waals surface area contributed by atoms with Crippen LogP contribution in [0.15, 0.2) is 127 Å².